The van der Waals surface area contributed by atoms with Crippen LogP contribution in [0.5, 0.6) is 0 Å². The van der Waals surface area contributed by atoms with Crippen molar-refractivity contribution in [1.82, 2.24) is 0 Å². The van der Waals surface area contributed by atoms with E-state index in [1.54, 1.807) is 5.57 Å². The molecule has 3 unspecified atom stereocenters. The molecular formula is C18H20O. The second-order valence-corrected chi connectivity index (χ2v) is 6.43. The zero-order chi connectivity index (χ0) is 12.8. The van der Waals surface area contributed by atoms with E-state index < -0.39 is 0 Å². The first-order chi connectivity index (χ1) is 9.33. The highest BCUT2D eigenvalue weighted by Gasteiger charge is 2.39. The van der Waals surface area contributed by atoms with Crippen molar-refractivity contribution in [3.8, 4) is 0 Å². The molecule has 0 aromatic heterocycles. The Morgan fingerprint density at radius 3 is 2.95 bits per heavy atom. The average Bonchev–Trinajstić information content (AvgIpc) is 2.46. The van der Waals surface area contributed by atoms with Crippen LogP contribution < -0.4 is 0 Å². The zero-order valence-electron chi connectivity index (χ0n) is 11.3. The molecule has 1 aromatic rings. The van der Waals surface area contributed by atoms with Gasteiger partial charge in [0.2, 0.25) is 0 Å². The number of ketones is 1. The van der Waals surface area contributed by atoms with E-state index in [4.69, 9.17) is 0 Å². The summed E-state index contributed by atoms with van der Waals surface area (Å²) in [6, 6.07) is 8.22. The molecule has 98 valence electrons. The van der Waals surface area contributed by atoms with E-state index in [2.05, 4.69) is 18.2 Å². The third kappa shape index (κ3) is 1.79. The van der Waals surface area contributed by atoms with E-state index in [1.807, 2.05) is 12.1 Å². The van der Waals surface area contributed by atoms with Crippen molar-refractivity contribution in [2.24, 2.45) is 17.8 Å². The second-order valence-electron chi connectivity index (χ2n) is 6.43. The Bertz CT molecular complexity index is 555. The highest BCUT2D eigenvalue weighted by molar-refractivity contribution is 6.01. The Kier molecular flexibility index (Phi) is 2.61. The quantitative estimate of drug-likeness (QED) is 0.633. The summed E-state index contributed by atoms with van der Waals surface area (Å²) < 4.78 is 0. The van der Waals surface area contributed by atoms with Gasteiger partial charge in [0.05, 0.1) is 0 Å². The van der Waals surface area contributed by atoms with Gasteiger partial charge in [-0.25, -0.2) is 0 Å². The van der Waals surface area contributed by atoms with Crippen molar-refractivity contribution in [2.45, 2.75) is 38.5 Å². The van der Waals surface area contributed by atoms with E-state index in [0.29, 0.717) is 11.7 Å². The molecule has 1 saturated carbocycles. The number of hydrogen-bond acceptors (Lipinski definition) is 1. The van der Waals surface area contributed by atoms with Gasteiger partial charge in [-0.05, 0) is 49.5 Å². The highest BCUT2D eigenvalue weighted by atomic mass is 16.1. The topological polar surface area (TPSA) is 17.1 Å². The Hall–Kier alpha value is -1.37. The maximum atomic E-state index is 12.7. The smallest absolute Gasteiger partial charge is 0.170 e. The molecule has 1 nitrogen and oxygen atoms in total. The fraction of sp³-hybridized carbons (Fsp3) is 0.500. The van der Waals surface area contributed by atoms with Crippen LogP contribution in [0.25, 0.3) is 0 Å². The van der Waals surface area contributed by atoms with Gasteiger partial charge in [-0.1, -0.05) is 42.3 Å². The van der Waals surface area contributed by atoms with Crippen molar-refractivity contribution >= 4 is 5.78 Å². The molecule has 0 N–H and O–H groups in total. The second kappa shape index (κ2) is 4.33. The molecular weight excluding hydrogens is 232 g/mol. The van der Waals surface area contributed by atoms with Crippen LogP contribution >= 0.6 is 0 Å². The molecule has 1 fully saturated rings. The first kappa shape index (κ1) is 11.5. The van der Waals surface area contributed by atoms with E-state index in [9.17, 15) is 4.79 Å². The molecule has 3 aliphatic carbocycles. The molecule has 1 heteroatoms. The van der Waals surface area contributed by atoms with Gasteiger partial charge in [0.1, 0.15) is 0 Å². The summed E-state index contributed by atoms with van der Waals surface area (Å²) in [7, 11) is 0. The van der Waals surface area contributed by atoms with Crippen molar-refractivity contribution in [3.05, 3.63) is 47.0 Å². The van der Waals surface area contributed by atoms with Crippen LogP contribution in [0.1, 0.15) is 48.0 Å². The predicted molar refractivity (Wildman–Crippen MR) is 76.1 cm³/mol. The minimum Gasteiger partial charge on any atom is -0.293 e. The lowest BCUT2D eigenvalue weighted by atomic mass is 9.64. The lowest BCUT2D eigenvalue weighted by molar-refractivity contribution is 0.0864. The number of Topliss-reactive ketones (excluding diaryl/α,β-unsaturated/α-hetero) is 1. The summed E-state index contributed by atoms with van der Waals surface area (Å²) in [5, 5.41) is 0. The molecule has 0 amide bonds. The van der Waals surface area contributed by atoms with Crippen LogP contribution in [0, 0.1) is 17.8 Å². The predicted octanol–water partition coefficient (Wildman–Crippen LogP) is 4.18. The summed E-state index contributed by atoms with van der Waals surface area (Å²) in [6.07, 6.45) is 10.0. The monoisotopic (exact) mass is 252 g/mol. The van der Waals surface area contributed by atoms with Gasteiger partial charge in [0.25, 0.3) is 0 Å². The standard InChI is InChI=1S/C18H20O/c19-18-16-8-4-3-7-14(16)10-15-9-12-5-1-2-6-13(12)11-17(15)18/h3-4,7-8,11-12,15,17H,1-2,5-6,9-10H2. The molecule has 0 heterocycles. The molecule has 0 aliphatic heterocycles. The molecule has 3 aliphatic rings. The average molecular weight is 252 g/mol. The summed E-state index contributed by atoms with van der Waals surface area (Å²) >= 11 is 0. The normalized spacial score (nSPS) is 32.9. The van der Waals surface area contributed by atoms with E-state index in [0.717, 1.165) is 17.9 Å². The van der Waals surface area contributed by atoms with Crippen molar-refractivity contribution in [3.63, 3.8) is 0 Å². The van der Waals surface area contributed by atoms with Gasteiger partial charge in [0.15, 0.2) is 5.78 Å². The number of fused-ring (bicyclic) bond motifs is 3. The fourth-order valence-electron chi connectivity index (χ4n) is 4.38. The number of carbonyl (C=O) groups excluding carboxylic acids is 1. The summed E-state index contributed by atoms with van der Waals surface area (Å²) in [5.41, 5.74) is 3.86. The van der Waals surface area contributed by atoms with Crippen LogP contribution in [-0.4, -0.2) is 5.78 Å². The van der Waals surface area contributed by atoms with Gasteiger partial charge in [-0.15, -0.1) is 0 Å². The summed E-state index contributed by atoms with van der Waals surface area (Å²) in [6.45, 7) is 0. The Balaban J connectivity index is 1.74. The first-order valence-electron chi connectivity index (χ1n) is 7.65. The lowest BCUT2D eigenvalue weighted by Gasteiger charge is -2.40. The van der Waals surface area contributed by atoms with Crippen molar-refractivity contribution in [1.29, 1.82) is 0 Å². The van der Waals surface area contributed by atoms with Crippen LogP contribution in [0.4, 0.5) is 0 Å². The number of benzene rings is 1. The number of carbonyl (C=O) groups is 1. The van der Waals surface area contributed by atoms with E-state index in [-0.39, 0.29) is 5.92 Å². The number of allylic oxidation sites excluding steroid dienone is 2. The molecule has 0 saturated heterocycles. The third-order valence-electron chi connectivity index (χ3n) is 5.35. The Morgan fingerprint density at radius 2 is 2.00 bits per heavy atom. The van der Waals surface area contributed by atoms with Crippen LogP contribution in [-0.2, 0) is 6.42 Å². The van der Waals surface area contributed by atoms with E-state index in [1.165, 1.54) is 37.7 Å². The first-order valence-corrected chi connectivity index (χ1v) is 7.65. The molecule has 0 bridgehead atoms. The molecule has 0 radical (unpaired) electrons. The van der Waals surface area contributed by atoms with Crippen LogP contribution in [0.15, 0.2) is 35.9 Å². The minimum absolute atomic E-state index is 0.180. The Morgan fingerprint density at radius 1 is 1.11 bits per heavy atom. The summed E-state index contributed by atoms with van der Waals surface area (Å²) in [4.78, 5) is 12.7. The maximum absolute atomic E-state index is 12.7. The maximum Gasteiger partial charge on any atom is 0.170 e. The molecule has 4 rings (SSSR count). The highest BCUT2D eigenvalue weighted by Crippen LogP contribution is 2.45. The van der Waals surface area contributed by atoms with Crippen molar-refractivity contribution in [2.75, 3.05) is 0 Å². The van der Waals surface area contributed by atoms with Gasteiger partial charge in [0, 0.05) is 11.5 Å². The van der Waals surface area contributed by atoms with Gasteiger partial charge in [-0.2, -0.15) is 0 Å². The number of hydrogen-bond donors (Lipinski definition) is 0. The largest absolute Gasteiger partial charge is 0.293 e. The SMILES string of the molecule is O=C1c2ccccc2CC2CC3CCCCC3=CC12. The van der Waals surface area contributed by atoms with Gasteiger partial charge < -0.3 is 0 Å². The molecule has 3 atom stereocenters. The minimum atomic E-state index is 0.180. The fourth-order valence-corrected chi connectivity index (χ4v) is 4.38. The summed E-state index contributed by atoms with van der Waals surface area (Å²) in [5.74, 6) is 1.91. The van der Waals surface area contributed by atoms with Gasteiger partial charge in [-0.3, -0.25) is 4.79 Å². The van der Waals surface area contributed by atoms with Gasteiger partial charge >= 0.3 is 0 Å². The zero-order valence-corrected chi connectivity index (χ0v) is 11.3. The van der Waals surface area contributed by atoms with Crippen LogP contribution in [0.3, 0.4) is 0 Å². The third-order valence-corrected chi connectivity index (χ3v) is 5.35. The Labute approximate surface area is 114 Å². The molecule has 1 aromatic carbocycles. The van der Waals surface area contributed by atoms with Crippen molar-refractivity contribution < 1.29 is 4.79 Å². The molecule has 19 heavy (non-hydrogen) atoms. The van der Waals surface area contributed by atoms with E-state index >= 15 is 0 Å². The lowest BCUT2D eigenvalue weighted by Crippen LogP contribution is -2.36. The molecule has 0 spiro atoms. The number of rotatable bonds is 0. The van der Waals surface area contributed by atoms with Crippen LogP contribution in [0.2, 0.25) is 0 Å².